The molecule has 0 atom stereocenters. The summed E-state index contributed by atoms with van der Waals surface area (Å²) in [5.41, 5.74) is 3.96. The Kier molecular flexibility index (Phi) is 4.11. The topological polar surface area (TPSA) is 56.9 Å². The Bertz CT molecular complexity index is 1060. The van der Waals surface area contributed by atoms with E-state index < -0.39 is 6.03 Å². The number of H-pyrrole nitrogens is 1. The minimum Gasteiger partial charge on any atom is -0.353 e. The second-order valence-electron chi connectivity index (χ2n) is 5.87. The van der Waals surface area contributed by atoms with Gasteiger partial charge in [0.2, 0.25) is 0 Å². The van der Waals surface area contributed by atoms with Crippen molar-refractivity contribution in [3.63, 3.8) is 0 Å². The van der Waals surface area contributed by atoms with Gasteiger partial charge in [0.15, 0.2) is 0 Å². The Morgan fingerprint density at radius 3 is 2.27 bits per heavy atom. The first kappa shape index (κ1) is 15.9. The lowest BCUT2D eigenvalue weighted by atomic mass is 10.1. The molecule has 2 amide bonds. The highest BCUT2D eigenvalue weighted by molar-refractivity contribution is 6.10. The molecule has 3 N–H and O–H groups in total. The highest BCUT2D eigenvalue weighted by atomic mass is 19.1. The third-order valence-electron chi connectivity index (χ3n) is 4.11. The lowest BCUT2D eigenvalue weighted by Crippen LogP contribution is -2.19. The third-order valence-corrected chi connectivity index (χ3v) is 4.11. The Balaban J connectivity index is 1.68. The molecule has 0 unspecified atom stereocenters. The van der Waals surface area contributed by atoms with E-state index in [4.69, 9.17) is 0 Å². The van der Waals surface area contributed by atoms with Crippen LogP contribution in [0.2, 0.25) is 0 Å². The number of carbonyl (C=O) groups is 1. The second kappa shape index (κ2) is 6.72. The average Bonchev–Trinajstić information content (AvgIpc) is 3.03. The van der Waals surface area contributed by atoms with Crippen molar-refractivity contribution in [1.82, 2.24) is 4.98 Å². The van der Waals surface area contributed by atoms with E-state index in [1.807, 2.05) is 54.6 Å². The fourth-order valence-corrected chi connectivity index (χ4v) is 2.90. The Morgan fingerprint density at radius 2 is 1.50 bits per heavy atom. The van der Waals surface area contributed by atoms with Crippen molar-refractivity contribution in [2.24, 2.45) is 0 Å². The Labute approximate surface area is 149 Å². The highest BCUT2D eigenvalue weighted by Gasteiger charge is 2.15. The summed E-state index contributed by atoms with van der Waals surface area (Å²) in [4.78, 5) is 15.8. The lowest BCUT2D eigenvalue weighted by Gasteiger charge is -2.09. The summed E-state index contributed by atoms with van der Waals surface area (Å²) in [7, 11) is 0. The molecule has 0 fully saturated rings. The van der Waals surface area contributed by atoms with Gasteiger partial charge in [0.05, 0.1) is 11.4 Å². The van der Waals surface area contributed by atoms with Crippen LogP contribution in [0.15, 0.2) is 78.9 Å². The molecule has 0 bridgehead atoms. The van der Waals surface area contributed by atoms with Gasteiger partial charge in [-0.15, -0.1) is 0 Å². The summed E-state index contributed by atoms with van der Waals surface area (Å²) in [5, 5.41) is 6.56. The number of hydrogen-bond donors (Lipinski definition) is 3. The first-order chi connectivity index (χ1) is 12.7. The molecule has 0 saturated heterocycles. The number of anilines is 2. The number of benzene rings is 3. The number of rotatable bonds is 3. The van der Waals surface area contributed by atoms with Crippen LogP contribution in [0.3, 0.4) is 0 Å². The molecule has 0 aliphatic rings. The number of hydrogen-bond acceptors (Lipinski definition) is 1. The van der Waals surface area contributed by atoms with Gasteiger partial charge in [-0.05, 0) is 30.3 Å². The number of fused-ring (bicyclic) bond motifs is 1. The minimum absolute atomic E-state index is 0.348. The summed E-state index contributed by atoms with van der Waals surface area (Å²) in [6.45, 7) is 0. The van der Waals surface area contributed by atoms with Crippen LogP contribution >= 0.6 is 0 Å². The van der Waals surface area contributed by atoms with Crippen LogP contribution in [0, 0.1) is 5.82 Å². The van der Waals surface area contributed by atoms with E-state index in [-0.39, 0.29) is 5.82 Å². The van der Waals surface area contributed by atoms with Gasteiger partial charge in [-0.25, -0.2) is 9.18 Å². The summed E-state index contributed by atoms with van der Waals surface area (Å²) >= 11 is 0. The summed E-state index contributed by atoms with van der Waals surface area (Å²) < 4.78 is 13.0. The van der Waals surface area contributed by atoms with Crippen molar-refractivity contribution < 1.29 is 9.18 Å². The first-order valence-electron chi connectivity index (χ1n) is 8.20. The van der Waals surface area contributed by atoms with Crippen LogP contribution in [-0.4, -0.2) is 11.0 Å². The molecule has 26 heavy (non-hydrogen) atoms. The maximum Gasteiger partial charge on any atom is 0.323 e. The molecular weight excluding hydrogens is 329 g/mol. The lowest BCUT2D eigenvalue weighted by molar-refractivity contribution is 0.262. The van der Waals surface area contributed by atoms with Crippen LogP contribution in [0.25, 0.3) is 22.2 Å². The monoisotopic (exact) mass is 345 g/mol. The molecule has 0 aliphatic heterocycles. The number of aromatic nitrogens is 1. The zero-order valence-electron chi connectivity index (χ0n) is 13.8. The van der Waals surface area contributed by atoms with Gasteiger partial charge >= 0.3 is 6.03 Å². The van der Waals surface area contributed by atoms with Crippen molar-refractivity contribution in [2.75, 3.05) is 10.6 Å². The summed E-state index contributed by atoms with van der Waals surface area (Å²) in [5.74, 6) is -0.348. The molecule has 4 rings (SSSR count). The van der Waals surface area contributed by atoms with Gasteiger partial charge in [-0.3, -0.25) is 0 Å². The summed E-state index contributed by atoms with van der Waals surface area (Å²) in [6, 6.07) is 22.8. The Hall–Kier alpha value is -3.60. The first-order valence-corrected chi connectivity index (χ1v) is 8.20. The molecule has 1 aromatic heterocycles. The van der Waals surface area contributed by atoms with Gasteiger partial charge < -0.3 is 15.6 Å². The molecule has 0 saturated carbocycles. The molecule has 3 aromatic carbocycles. The number of urea groups is 1. The standard InChI is InChI=1S/C21H16FN3O/c22-15-10-12-16(13-11-15)23-21(26)25-20-17-8-4-5-9-18(17)24-19(20)14-6-2-1-3-7-14/h1-13,24H,(H2,23,25,26). The number of carbonyl (C=O) groups excluding carboxylic acids is 1. The van der Waals surface area contributed by atoms with Crippen molar-refractivity contribution in [3.8, 4) is 11.3 Å². The SMILES string of the molecule is O=C(Nc1ccc(F)cc1)Nc1c(-c2ccccc2)[nH]c2ccccc12. The molecule has 4 nitrogen and oxygen atoms in total. The fourth-order valence-electron chi connectivity index (χ4n) is 2.90. The quantitative estimate of drug-likeness (QED) is 0.443. The predicted octanol–water partition coefficient (Wildman–Crippen LogP) is 5.62. The van der Waals surface area contributed by atoms with E-state index in [2.05, 4.69) is 15.6 Å². The fraction of sp³-hybridized carbons (Fsp3) is 0. The molecule has 5 heteroatoms. The van der Waals surface area contributed by atoms with E-state index in [0.29, 0.717) is 11.4 Å². The van der Waals surface area contributed by atoms with Gasteiger partial charge in [0, 0.05) is 22.2 Å². The van der Waals surface area contributed by atoms with Gasteiger partial charge in [-0.2, -0.15) is 0 Å². The zero-order chi connectivity index (χ0) is 17.9. The Morgan fingerprint density at radius 1 is 0.808 bits per heavy atom. The molecule has 128 valence electrons. The van der Waals surface area contributed by atoms with E-state index in [0.717, 1.165) is 22.2 Å². The van der Waals surface area contributed by atoms with Crippen molar-refractivity contribution in [2.45, 2.75) is 0 Å². The normalized spacial score (nSPS) is 10.7. The number of para-hydroxylation sites is 1. The third kappa shape index (κ3) is 3.15. The molecular formula is C21H16FN3O. The number of aromatic amines is 1. The van der Waals surface area contributed by atoms with Crippen LogP contribution in [0.5, 0.6) is 0 Å². The molecule has 0 radical (unpaired) electrons. The molecule has 4 aromatic rings. The number of halogens is 1. The van der Waals surface area contributed by atoms with Gasteiger partial charge in [0.1, 0.15) is 5.82 Å². The molecule has 1 heterocycles. The zero-order valence-corrected chi connectivity index (χ0v) is 13.8. The van der Waals surface area contributed by atoms with Crippen LogP contribution in [0.4, 0.5) is 20.6 Å². The predicted molar refractivity (Wildman–Crippen MR) is 103 cm³/mol. The van der Waals surface area contributed by atoms with Crippen molar-refractivity contribution in [3.05, 3.63) is 84.7 Å². The molecule has 0 spiro atoms. The minimum atomic E-state index is -0.390. The van der Waals surface area contributed by atoms with E-state index in [1.54, 1.807) is 0 Å². The van der Waals surface area contributed by atoms with Crippen molar-refractivity contribution in [1.29, 1.82) is 0 Å². The highest BCUT2D eigenvalue weighted by Crippen LogP contribution is 2.34. The van der Waals surface area contributed by atoms with E-state index in [1.165, 1.54) is 24.3 Å². The second-order valence-corrected chi connectivity index (χ2v) is 5.87. The van der Waals surface area contributed by atoms with Crippen LogP contribution in [-0.2, 0) is 0 Å². The van der Waals surface area contributed by atoms with Gasteiger partial charge in [0.25, 0.3) is 0 Å². The van der Waals surface area contributed by atoms with E-state index >= 15 is 0 Å². The van der Waals surface area contributed by atoms with E-state index in [9.17, 15) is 9.18 Å². The van der Waals surface area contributed by atoms with Crippen LogP contribution < -0.4 is 10.6 Å². The average molecular weight is 345 g/mol. The summed E-state index contributed by atoms with van der Waals surface area (Å²) in [6.07, 6.45) is 0. The maximum absolute atomic E-state index is 13.0. The van der Waals surface area contributed by atoms with Gasteiger partial charge in [-0.1, -0.05) is 48.5 Å². The largest absolute Gasteiger partial charge is 0.353 e. The number of nitrogens with one attached hydrogen (secondary N) is 3. The van der Waals surface area contributed by atoms with Crippen LogP contribution in [0.1, 0.15) is 0 Å². The smallest absolute Gasteiger partial charge is 0.323 e. The maximum atomic E-state index is 13.0. The number of amides is 2. The van der Waals surface area contributed by atoms with Crippen molar-refractivity contribution >= 4 is 28.3 Å². The molecule has 0 aliphatic carbocycles.